The maximum atomic E-state index is 11.4. The molecule has 0 saturated carbocycles. The van der Waals surface area contributed by atoms with Crippen molar-refractivity contribution in [1.29, 1.82) is 0 Å². The maximum absolute atomic E-state index is 11.4. The summed E-state index contributed by atoms with van der Waals surface area (Å²) in [5.74, 6) is 0.404. The Balaban J connectivity index is 2.24. The first-order valence-electron chi connectivity index (χ1n) is 7.06. The van der Waals surface area contributed by atoms with Crippen LogP contribution in [-0.4, -0.2) is 24.6 Å². The minimum atomic E-state index is -0.329. The summed E-state index contributed by atoms with van der Waals surface area (Å²) in [6, 6.07) is 3.38. The lowest BCUT2D eigenvalue weighted by molar-refractivity contribution is 0.0600. The number of nitrogens with zero attached hydrogens (tertiary/aromatic N) is 1. The molecule has 106 valence electrons. The molecule has 0 bridgehead atoms. The van der Waals surface area contributed by atoms with Crippen molar-refractivity contribution in [2.24, 2.45) is 0 Å². The Morgan fingerprint density at radius 1 is 1.26 bits per heavy atom. The van der Waals surface area contributed by atoms with Gasteiger partial charge >= 0.3 is 5.97 Å². The molecule has 1 heterocycles. The molecule has 0 radical (unpaired) electrons. The van der Waals surface area contributed by atoms with Gasteiger partial charge in [0, 0.05) is 12.7 Å². The number of methoxy groups -OCH3 is 1. The zero-order valence-electron chi connectivity index (χ0n) is 11.9. The van der Waals surface area contributed by atoms with Crippen LogP contribution < -0.4 is 5.32 Å². The zero-order valence-corrected chi connectivity index (χ0v) is 11.9. The lowest BCUT2D eigenvalue weighted by Gasteiger charge is -2.06. The van der Waals surface area contributed by atoms with E-state index in [1.165, 1.54) is 39.2 Å². The molecular formula is C15H24N2O2. The fraction of sp³-hybridized carbons (Fsp3) is 0.600. The summed E-state index contributed by atoms with van der Waals surface area (Å²) in [6.07, 6.45) is 9.23. The third-order valence-corrected chi connectivity index (χ3v) is 3.02. The van der Waals surface area contributed by atoms with Gasteiger partial charge in [0.05, 0.1) is 12.7 Å². The van der Waals surface area contributed by atoms with Crippen LogP contribution in [0.2, 0.25) is 0 Å². The fourth-order valence-corrected chi connectivity index (χ4v) is 1.89. The van der Waals surface area contributed by atoms with Crippen LogP contribution in [0.3, 0.4) is 0 Å². The molecule has 0 aliphatic carbocycles. The monoisotopic (exact) mass is 264 g/mol. The molecule has 1 aromatic rings. The average molecular weight is 264 g/mol. The number of aromatic nitrogens is 1. The number of unbranched alkanes of at least 4 members (excludes halogenated alkanes) is 5. The maximum Gasteiger partial charge on any atom is 0.338 e. The smallest absolute Gasteiger partial charge is 0.338 e. The number of pyridine rings is 1. The number of nitrogens with one attached hydrogen (secondary N) is 1. The number of esters is 1. The third-order valence-electron chi connectivity index (χ3n) is 3.02. The van der Waals surface area contributed by atoms with Gasteiger partial charge < -0.3 is 10.1 Å². The first kappa shape index (κ1) is 15.5. The minimum absolute atomic E-state index is 0.329. The minimum Gasteiger partial charge on any atom is -0.465 e. The molecule has 0 aliphatic rings. The van der Waals surface area contributed by atoms with Gasteiger partial charge in [-0.05, 0) is 18.6 Å². The SMILES string of the molecule is CCCCCCCCNc1cc(C(=O)OC)ccn1. The van der Waals surface area contributed by atoms with Crippen LogP contribution in [0.5, 0.6) is 0 Å². The van der Waals surface area contributed by atoms with Crippen molar-refractivity contribution in [1.82, 2.24) is 4.98 Å². The van der Waals surface area contributed by atoms with E-state index in [0.29, 0.717) is 5.56 Å². The van der Waals surface area contributed by atoms with Gasteiger partial charge in [-0.2, -0.15) is 0 Å². The summed E-state index contributed by atoms with van der Waals surface area (Å²) < 4.78 is 4.68. The highest BCUT2D eigenvalue weighted by Gasteiger charge is 2.05. The Morgan fingerprint density at radius 3 is 2.74 bits per heavy atom. The summed E-state index contributed by atoms with van der Waals surface area (Å²) in [4.78, 5) is 15.5. The summed E-state index contributed by atoms with van der Waals surface area (Å²) in [6.45, 7) is 3.12. The Bertz CT molecular complexity index is 380. The molecule has 1 aromatic heterocycles. The fourth-order valence-electron chi connectivity index (χ4n) is 1.89. The number of anilines is 1. The van der Waals surface area contributed by atoms with E-state index in [9.17, 15) is 4.79 Å². The van der Waals surface area contributed by atoms with Crippen molar-refractivity contribution in [3.8, 4) is 0 Å². The number of hydrogen-bond donors (Lipinski definition) is 1. The molecule has 0 aromatic carbocycles. The van der Waals surface area contributed by atoms with Crippen LogP contribution in [0.4, 0.5) is 5.82 Å². The van der Waals surface area contributed by atoms with Gasteiger partial charge in [0.1, 0.15) is 5.82 Å². The normalized spacial score (nSPS) is 10.2. The zero-order chi connectivity index (χ0) is 13.9. The van der Waals surface area contributed by atoms with E-state index in [-0.39, 0.29) is 5.97 Å². The number of carbonyl (C=O) groups excluding carboxylic acids is 1. The Labute approximate surface area is 115 Å². The molecule has 4 heteroatoms. The molecule has 19 heavy (non-hydrogen) atoms. The molecule has 1 rings (SSSR count). The van der Waals surface area contributed by atoms with Crippen molar-refractivity contribution < 1.29 is 9.53 Å². The second kappa shape index (κ2) is 9.36. The highest BCUT2D eigenvalue weighted by molar-refractivity contribution is 5.89. The number of hydrogen-bond acceptors (Lipinski definition) is 4. The standard InChI is InChI=1S/C15H24N2O2/c1-3-4-5-6-7-8-10-16-14-12-13(9-11-17-14)15(18)19-2/h9,11-12H,3-8,10H2,1-2H3,(H,16,17). The van der Waals surface area contributed by atoms with Gasteiger partial charge in [0.15, 0.2) is 0 Å². The van der Waals surface area contributed by atoms with Crippen molar-refractivity contribution in [3.63, 3.8) is 0 Å². The van der Waals surface area contributed by atoms with Crippen LogP contribution >= 0.6 is 0 Å². The van der Waals surface area contributed by atoms with Crippen molar-refractivity contribution in [2.45, 2.75) is 45.4 Å². The molecule has 0 saturated heterocycles. The van der Waals surface area contributed by atoms with Crippen molar-refractivity contribution in [2.75, 3.05) is 19.0 Å². The van der Waals surface area contributed by atoms with E-state index in [1.807, 2.05) is 0 Å². The number of carbonyl (C=O) groups is 1. The van der Waals surface area contributed by atoms with Gasteiger partial charge in [-0.3, -0.25) is 0 Å². The molecule has 0 amide bonds. The van der Waals surface area contributed by atoms with Crippen molar-refractivity contribution in [3.05, 3.63) is 23.9 Å². The predicted molar refractivity (Wildman–Crippen MR) is 77.4 cm³/mol. The lowest BCUT2D eigenvalue weighted by atomic mass is 10.1. The molecule has 0 unspecified atom stereocenters. The second-order valence-corrected chi connectivity index (χ2v) is 4.62. The first-order valence-corrected chi connectivity index (χ1v) is 7.06. The van der Waals surface area contributed by atoms with E-state index >= 15 is 0 Å². The summed E-state index contributed by atoms with van der Waals surface area (Å²) in [7, 11) is 1.38. The van der Waals surface area contributed by atoms with Crippen LogP contribution in [0.15, 0.2) is 18.3 Å². The summed E-state index contributed by atoms with van der Waals surface area (Å²) in [5, 5.41) is 3.24. The largest absolute Gasteiger partial charge is 0.465 e. The van der Waals surface area contributed by atoms with Crippen LogP contribution in [0, 0.1) is 0 Å². The Morgan fingerprint density at radius 2 is 2.00 bits per heavy atom. The van der Waals surface area contributed by atoms with Gasteiger partial charge in [0.25, 0.3) is 0 Å². The molecule has 0 aliphatic heterocycles. The highest BCUT2D eigenvalue weighted by Crippen LogP contribution is 2.09. The lowest BCUT2D eigenvalue weighted by Crippen LogP contribution is -2.06. The first-order chi connectivity index (χ1) is 9.27. The van der Waals surface area contributed by atoms with E-state index < -0.39 is 0 Å². The molecule has 1 N–H and O–H groups in total. The molecule has 0 spiro atoms. The highest BCUT2D eigenvalue weighted by atomic mass is 16.5. The second-order valence-electron chi connectivity index (χ2n) is 4.62. The van der Waals surface area contributed by atoms with Gasteiger partial charge in [-0.25, -0.2) is 9.78 Å². The van der Waals surface area contributed by atoms with E-state index in [2.05, 4.69) is 22.0 Å². The quantitative estimate of drug-likeness (QED) is 0.546. The van der Waals surface area contributed by atoms with Gasteiger partial charge in [0.2, 0.25) is 0 Å². The Hall–Kier alpha value is -1.58. The van der Waals surface area contributed by atoms with E-state index in [0.717, 1.165) is 18.8 Å². The van der Waals surface area contributed by atoms with E-state index in [4.69, 9.17) is 0 Å². The van der Waals surface area contributed by atoms with E-state index in [1.54, 1.807) is 18.3 Å². The summed E-state index contributed by atoms with van der Waals surface area (Å²) in [5.41, 5.74) is 0.531. The van der Waals surface area contributed by atoms with Crippen LogP contribution in [-0.2, 0) is 4.74 Å². The number of rotatable bonds is 9. The molecule has 0 fully saturated rings. The average Bonchev–Trinajstić information content (AvgIpc) is 2.46. The molecule has 4 nitrogen and oxygen atoms in total. The number of ether oxygens (including phenoxy) is 1. The van der Waals surface area contributed by atoms with Gasteiger partial charge in [-0.1, -0.05) is 39.0 Å². The van der Waals surface area contributed by atoms with Crippen LogP contribution in [0.1, 0.15) is 55.8 Å². The van der Waals surface area contributed by atoms with Crippen LogP contribution in [0.25, 0.3) is 0 Å². The van der Waals surface area contributed by atoms with Gasteiger partial charge in [-0.15, -0.1) is 0 Å². The Kier molecular flexibility index (Phi) is 7.63. The van der Waals surface area contributed by atoms with Crippen molar-refractivity contribution >= 4 is 11.8 Å². The summed E-state index contributed by atoms with van der Waals surface area (Å²) >= 11 is 0. The molecular weight excluding hydrogens is 240 g/mol. The predicted octanol–water partition coefficient (Wildman–Crippen LogP) is 3.64. The third kappa shape index (κ3) is 6.22. The topological polar surface area (TPSA) is 51.2 Å². The molecule has 0 atom stereocenters.